The third kappa shape index (κ3) is 4.02. The first-order chi connectivity index (χ1) is 15.8. The molecule has 5 rings (SSSR count). The first kappa shape index (κ1) is 21.6. The number of nitrogens with one attached hydrogen (secondary N) is 1. The van der Waals surface area contributed by atoms with E-state index in [2.05, 4.69) is 36.7 Å². The van der Waals surface area contributed by atoms with Crippen LogP contribution in [-0.2, 0) is 16.8 Å². The third-order valence-electron chi connectivity index (χ3n) is 6.27. The highest BCUT2D eigenvalue weighted by Gasteiger charge is 2.30. The summed E-state index contributed by atoms with van der Waals surface area (Å²) < 4.78 is 9.31. The van der Waals surface area contributed by atoms with Crippen molar-refractivity contribution in [2.75, 3.05) is 19.0 Å². The summed E-state index contributed by atoms with van der Waals surface area (Å²) in [5.41, 5.74) is 4.92. The predicted molar refractivity (Wildman–Crippen MR) is 131 cm³/mol. The molecule has 1 aromatic carbocycles. The molecule has 4 aromatic rings. The number of amides is 1. The Hall–Kier alpha value is -3.19. The van der Waals surface area contributed by atoms with E-state index < -0.39 is 0 Å². The number of aryl methyl sites for hydroxylation is 1. The van der Waals surface area contributed by atoms with Gasteiger partial charge in [-0.2, -0.15) is 5.10 Å². The van der Waals surface area contributed by atoms with Gasteiger partial charge in [-0.15, -0.1) is 0 Å². The zero-order chi connectivity index (χ0) is 23.3. The number of hydrogen-bond donors (Lipinski definition) is 1. The van der Waals surface area contributed by atoms with E-state index in [9.17, 15) is 4.79 Å². The maximum absolute atomic E-state index is 13.5. The molecule has 33 heavy (non-hydrogen) atoms. The lowest BCUT2D eigenvalue weighted by atomic mass is 10.1. The molecule has 3 heterocycles. The van der Waals surface area contributed by atoms with E-state index in [0.29, 0.717) is 18.1 Å². The van der Waals surface area contributed by atoms with Gasteiger partial charge in [-0.25, -0.2) is 9.67 Å². The predicted octanol–water partition coefficient (Wildman–Crippen LogP) is 5.23. The Balaban J connectivity index is 1.52. The lowest BCUT2D eigenvalue weighted by Crippen LogP contribution is -2.23. The first-order valence-electron chi connectivity index (χ1n) is 11.6. The minimum Gasteiger partial charge on any atom is -0.383 e. The van der Waals surface area contributed by atoms with Gasteiger partial charge in [-0.3, -0.25) is 4.79 Å². The SMILES string of the molecule is COCCn1ccc2cc(NC(=O)c3cc(C4CC4)nc4c3c(C)nn4C(C)(C)C)ccc21. The minimum absolute atomic E-state index is 0.126. The van der Waals surface area contributed by atoms with Crippen LogP contribution in [0.4, 0.5) is 5.69 Å². The number of aromatic nitrogens is 4. The van der Waals surface area contributed by atoms with Crippen molar-refractivity contribution >= 4 is 33.5 Å². The molecule has 1 N–H and O–H groups in total. The molecular weight excluding hydrogens is 414 g/mol. The molecule has 1 aliphatic carbocycles. The Morgan fingerprint density at radius 3 is 2.70 bits per heavy atom. The Morgan fingerprint density at radius 2 is 2.00 bits per heavy atom. The molecule has 0 radical (unpaired) electrons. The number of methoxy groups -OCH3 is 1. The van der Waals surface area contributed by atoms with Crippen LogP contribution < -0.4 is 5.32 Å². The molecule has 1 amide bonds. The van der Waals surface area contributed by atoms with Crippen LogP contribution in [0, 0.1) is 6.92 Å². The number of benzene rings is 1. The van der Waals surface area contributed by atoms with E-state index in [0.717, 1.165) is 58.4 Å². The van der Waals surface area contributed by atoms with E-state index in [-0.39, 0.29) is 11.4 Å². The van der Waals surface area contributed by atoms with Crippen LogP contribution in [0.1, 0.15) is 61.3 Å². The molecule has 7 heteroatoms. The van der Waals surface area contributed by atoms with Crippen molar-refractivity contribution in [2.24, 2.45) is 0 Å². The van der Waals surface area contributed by atoms with Gasteiger partial charge in [0.1, 0.15) is 0 Å². The summed E-state index contributed by atoms with van der Waals surface area (Å²) in [7, 11) is 1.71. The Bertz CT molecular complexity index is 1350. The second-order valence-electron chi connectivity index (χ2n) is 9.97. The van der Waals surface area contributed by atoms with Crippen LogP contribution in [-0.4, -0.2) is 39.0 Å². The minimum atomic E-state index is -0.226. The van der Waals surface area contributed by atoms with Gasteiger partial charge < -0.3 is 14.6 Å². The Morgan fingerprint density at radius 1 is 1.21 bits per heavy atom. The van der Waals surface area contributed by atoms with Gasteiger partial charge in [0.2, 0.25) is 0 Å². The topological polar surface area (TPSA) is 74.0 Å². The molecule has 0 saturated heterocycles. The monoisotopic (exact) mass is 445 g/mol. The summed E-state index contributed by atoms with van der Waals surface area (Å²) in [4.78, 5) is 18.5. The molecule has 7 nitrogen and oxygen atoms in total. The number of carbonyl (C=O) groups excluding carboxylic acids is 1. The van der Waals surface area contributed by atoms with Gasteiger partial charge >= 0.3 is 0 Å². The van der Waals surface area contributed by atoms with Crippen molar-refractivity contribution in [1.82, 2.24) is 19.3 Å². The van der Waals surface area contributed by atoms with Crippen LogP contribution in [0.2, 0.25) is 0 Å². The van der Waals surface area contributed by atoms with Crippen molar-refractivity contribution in [3.63, 3.8) is 0 Å². The highest BCUT2D eigenvalue weighted by atomic mass is 16.5. The average molecular weight is 446 g/mol. The molecule has 1 saturated carbocycles. The molecule has 0 aliphatic heterocycles. The quantitative estimate of drug-likeness (QED) is 0.441. The van der Waals surface area contributed by atoms with Crippen LogP contribution in [0.15, 0.2) is 36.5 Å². The number of nitrogens with zero attached hydrogens (tertiary/aromatic N) is 4. The number of pyridine rings is 1. The van der Waals surface area contributed by atoms with Gasteiger partial charge in [-0.05, 0) is 70.9 Å². The molecule has 0 atom stereocenters. The summed E-state index contributed by atoms with van der Waals surface area (Å²) in [6.45, 7) is 9.73. The first-order valence-corrected chi connectivity index (χ1v) is 11.6. The molecule has 0 unspecified atom stereocenters. The lowest BCUT2D eigenvalue weighted by molar-refractivity contribution is 0.102. The van der Waals surface area contributed by atoms with E-state index in [1.54, 1.807) is 7.11 Å². The average Bonchev–Trinajstić information content (AvgIpc) is 3.46. The number of rotatable bonds is 6. The standard InChI is InChI=1S/C26H31N5O2/c1-16-23-20(15-21(17-6-7-17)28-24(23)31(29-16)26(2,3)4)25(32)27-19-8-9-22-18(14-19)10-11-30(22)12-13-33-5/h8-11,14-15,17H,6-7,12-13H2,1-5H3,(H,27,32). The smallest absolute Gasteiger partial charge is 0.256 e. The van der Waals surface area contributed by atoms with Crippen molar-refractivity contribution in [3.8, 4) is 0 Å². The van der Waals surface area contributed by atoms with Crippen molar-refractivity contribution < 1.29 is 9.53 Å². The van der Waals surface area contributed by atoms with E-state index >= 15 is 0 Å². The van der Waals surface area contributed by atoms with Crippen LogP contribution >= 0.6 is 0 Å². The summed E-state index contributed by atoms with van der Waals surface area (Å²) in [6.07, 6.45) is 4.30. The van der Waals surface area contributed by atoms with Gasteiger partial charge in [0.05, 0.1) is 28.8 Å². The van der Waals surface area contributed by atoms with Gasteiger partial charge in [0.25, 0.3) is 5.91 Å². The van der Waals surface area contributed by atoms with E-state index in [4.69, 9.17) is 14.8 Å². The van der Waals surface area contributed by atoms with E-state index in [1.165, 1.54) is 0 Å². The fourth-order valence-electron chi connectivity index (χ4n) is 4.40. The second kappa shape index (κ2) is 7.99. The van der Waals surface area contributed by atoms with Crippen molar-refractivity contribution in [1.29, 1.82) is 0 Å². The second-order valence-corrected chi connectivity index (χ2v) is 9.97. The summed E-state index contributed by atoms with van der Waals surface area (Å²) in [5, 5.41) is 9.79. The highest BCUT2D eigenvalue weighted by Crippen LogP contribution is 2.41. The molecular formula is C26H31N5O2. The number of fused-ring (bicyclic) bond motifs is 2. The summed E-state index contributed by atoms with van der Waals surface area (Å²) >= 11 is 0. The molecule has 172 valence electrons. The Labute approximate surface area is 193 Å². The molecule has 3 aromatic heterocycles. The van der Waals surface area contributed by atoms with Gasteiger partial charge in [0.15, 0.2) is 5.65 Å². The normalized spacial score (nSPS) is 14.3. The number of carbonyl (C=O) groups is 1. The maximum atomic E-state index is 13.5. The molecule has 0 bridgehead atoms. The highest BCUT2D eigenvalue weighted by molar-refractivity contribution is 6.13. The number of ether oxygens (including phenoxy) is 1. The number of hydrogen-bond acceptors (Lipinski definition) is 4. The molecule has 0 spiro atoms. The maximum Gasteiger partial charge on any atom is 0.256 e. The number of anilines is 1. The fraction of sp³-hybridized carbons (Fsp3) is 0.423. The third-order valence-corrected chi connectivity index (χ3v) is 6.27. The van der Waals surface area contributed by atoms with Crippen LogP contribution in [0.5, 0.6) is 0 Å². The summed E-state index contributed by atoms with van der Waals surface area (Å²) in [5.74, 6) is 0.312. The van der Waals surface area contributed by atoms with Gasteiger partial charge in [-0.1, -0.05) is 0 Å². The Kier molecular flexibility index (Phi) is 5.24. The van der Waals surface area contributed by atoms with E-state index in [1.807, 2.05) is 42.1 Å². The summed E-state index contributed by atoms with van der Waals surface area (Å²) in [6, 6.07) is 10.0. The zero-order valence-electron chi connectivity index (χ0n) is 20.0. The lowest BCUT2D eigenvalue weighted by Gasteiger charge is -2.20. The van der Waals surface area contributed by atoms with Crippen LogP contribution in [0.3, 0.4) is 0 Å². The molecule has 1 fully saturated rings. The van der Waals surface area contributed by atoms with Crippen molar-refractivity contribution in [3.05, 3.63) is 53.5 Å². The largest absolute Gasteiger partial charge is 0.383 e. The van der Waals surface area contributed by atoms with Crippen LogP contribution in [0.25, 0.3) is 21.9 Å². The molecule has 1 aliphatic rings. The van der Waals surface area contributed by atoms with Gasteiger partial charge in [0, 0.05) is 48.1 Å². The van der Waals surface area contributed by atoms with Crippen molar-refractivity contribution in [2.45, 2.75) is 58.5 Å². The fourth-order valence-corrected chi connectivity index (χ4v) is 4.40. The zero-order valence-corrected chi connectivity index (χ0v) is 20.0.